The minimum Gasteiger partial charge on any atom is -0.497 e. The Kier molecular flexibility index (Phi) is 4.83. The molecule has 3 unspecified atom stereocenters. The van der Waals surface area contributed by atoms with Crippen LogP contribution in [0.3, 0.4) is 0 Å². The molecule has 1 aliphatic heterocycles. The number of nitrogens with zero attached hydrogens (tertiary/aromatic N) is 1. The van der Waals surface area contributed by atoms with E-state index in [2.05, 4.69) is 18.7 Å². The number of aliphatic hydroxyl groups is 1. The Morgan fingerprint density at radius 1 is 1.37 bits per heavy atom. The van der Waals surface area contributed by atoms with Gasteiger partial charge in [-0.15, -0.1) is 0 Å². The highest BCUT2D eigenvalue weighted by Crippen LogP contribution is 2.25. The Hall–Kier alpha value is -1.06. The normalized spacial score (nSPS) is 26.1. The number of hydrogen-bond acceptors (Lipinski definition) is 3. The third-order valence-corrected chi connectivity index (χ3v) is 4.13. The van der Waals surface area contributed by atoms with Gasteiger partial charge in [0.05, 0.1) is 13.2 Å². The predicted octanol–water partition coefficient (Wildman–Crippen LogP) is 2.85. The lowest BCUT2D eigenvalue weighted by atomic mass is 9.94. The van der Waals surface area contributed by atoms with Gasteiger partial charge in [0, 0.05) is 19.1 Å². The quantitative estimate of drug-likeness (QED) is 0.906. The summed E-state index contributed by atoms with van der Waals surface area (Å²) in [5, 5.41) is 10.4. The molecule has 3 atom stereocenters. The van der Waals surface area contributed by atoms with Crippen LogP contribution in [0.4, 0.5) is 0 Å². The molecule has 1 fully saturated rings. The van der Waals surface area contributed by atoms with Crippen molar-refractivity contribution in [3.05, 3.63) is 29.8 Å². The maximum atomic E-state index is 10.4. The van der Waals surface area contributed by atoms with Crippen LogP contribution in [0.2, 0.25) is 0 Å². The van der Waals surface area contributed by atoms with Crippen LogP contribution in [0.1, 0.15) is 38.4 Å². The first kappa shape index (κ1) is 14.4. The van der Waals surface area contributed by atoms with Crippen molar-refractivity contribution in [2.75, 3.05) is 20.2 Å². The first-order valence-corrected chi connectivity index (χ1v) is 7.16. The van der Waals surface area contributed by atoms with Crippen LogP contribution in [-0.4, -0.2) is 36.2 Å². The standard InChI is InChI=1S/C16H25NO2/c1-12-7-8-13(2)17(10-12)11-16(18)14-5-4-6-15(9-14)19-3/h4-6,9,12-13,16,18H,7-8,10-11H2,1-3H3. The molecular formula is C16H25NO2. The van der Waals surface area contributed by atoms with E-state index in [0.717, 1.165) is 23.8 Å². The zero-order valence-corrected chi connectivity index (χ0v) is 12.2. The number of aliphatic hydroxyl groups excluding tert-OH is 1. The van der Waals surface area contributed by atoms with E-state index in [1.165, 1.54) is 12.8 Å². The van der Waals surface area contributed by atoms with Crippen molar-refractivity contribution >= 4 is 0 Å². The minimum atomic E-state index is -0.442. The SMILES string of the molecule is COc1cccc(C(O)CN2CC(C)CCC2C)c1. The monoisotopic (exact) mass is 263 g/mol. The van der Waals surface area contributed by atoms with E-state index in [1.807, 2.05) is 24.3 Å². The number of β-amino-alcohol motifs (C(OH)–C–C–N with tert-alkyl or cyclic N) is 1. The fourth-order valence-electron chi connectivity index (χ4n) is 2.81. The third kappa shape index (κ3) is 3.71. The second-order valence-corrected chi connectivity index (χ2v) is 5.78. The molecule has 2 rings (SSSR count). The molecule has 3 heteroatoms. The average molecular weight is 263 g/mol. The van der Waals surface area contributed by atoms with Crippen LogP contribution in [0.25, 0.3) is 0 Å². The average Bonchev–Trinajstić information content (AvgIpc) is 2.43. The molecule has 3 nitrogen and oxygen atoms in total. The highest BCUT2D eigenvalue weighted by molar-refractivity contribution is 5.29. The number of likely N-dealkylation sites (tertiary alicyclic amines) is 1. The summed E-state index contributed by atoms with van der Waals surface area (Å²) in [6, 6.07) is 8.28. The van der Waals surface area contributed by atoms with Crippen molar-refractivity contribution < 1.29 is 9.84 Å². The van der Waals surface area contributed by atoms with Crippen molar-refractivity contribution in [1.82, 2.24) is 4.90 Å². The number of ether oxygens (including phenoxy) is 1. The molecule has 0 spiro atoms. The smallest absolute Gasteiger partial charge is 0.119 e. The molecule has 106 valence electrons. The second-order valence-electron chi connectivity index (χ2n) is 5.78. The number of hydrogen-bond donors (Lipinski definition) is 1. The van der Waals surface area contributed by atoms with Crippen LogP contribution >= 0.6 is 0 Å². The van der Waals surface area contributed by atoms with E-state index in [9.17, 15) is 5.11 Å². The Morgan fingerprint density at radius 3 is 2.89 bits per heavy atom. The first-order valence-electron chi connectivity index (χ1n) is 7.16. The van der Waals surface area contributed by atoms with Crippen molar-refractivity contribution in [2.45, 2.75) is 38.8 Å². The zero-order chi connectivity index (χ0) is 13.8. The van der Waals surface area contributed by atoms with Crippen LogP contribution in [-0.2, 0) is 0 Å². The van der Waals surface area contributed by atoms with E-state index < -0.39 is 6.10 Å². The number of methoxy groups -OCH3 is 1. The highest BCUT2D eigenvalue weighted by Gasteiger charge is 2.25. The summed E-state index contributed by atoms with van der Waals surface area (Å²) in [7, 11) is 1.65. The molecule has 0 bridgehead atoms. The minimum absolute atomic E-state index is 0.442. The Labute approximate surface area is 116 Å². The summed E-state index contributed by atoms with van der Waals surface area (Å²) < 4.78 is 5.21. The molecule has 0 radical (unpaired) electrons. The zero-order valence-electron chi connectivity index (χ0n) is 12.2. The summed E-state index contributed by atoms with van der Waals surface area (Å²) >= 11 is 0. The first-order chi connectivity index (χ1) is 9.10. The maximum Gasteiger partial charge on any atom is 0.119 e. The fraction of sp³-hybridized carbons (Fsp3) is 0.625. The fourth-order valence-corrected chi connectivity index (χ4v) is 2.81. The molecular weight excluding hydrogens is 238 g/mol. The summed E-state index contributed by atoms with van der Waals surface area (Å²) in [6.07, 6.45) is 2.08. The van der Waals surface area contributed by atoms with Gasteiger partial charge in [-0.25, -0.2) is 0 Å². The molecule has 0 aromatic heterocycles. The summed E-state index contributed by atoms with van der Waals surface area (Å²) in [4.78, 5) is 2.40. The van der Waals surface area contributed by atoms with Gasteiger partial charge in [-0.05, 0) is 43.4 Å². The molecule has 1 aromatic rings. The van der Waals surface area contributed by atoms with Gasteiger partial charge in [-0.1, -0.05) is 19.1 Å². The van der Waals surface area contributed by atoms with Gasteiger partial charge in [0.15, 0.2) is 0 Å². The van der Waals surface area contributed by atoms with Gasteiger partial charge < -0.3 is 9.84 Å². The Bertz CT molecular complexity index is 407. The number of piperidine rings is 1. The topological polar surface area (TPSA) is 32.7 Å². The van der Waals surface area contributed by atoms with E-state index in [0.29, 0.717) is 12.6 Å². The molecule has 1 saturated heterocycles. The Morgan fingerprint density at radius 2 is 2.16 bits per heavy atom. The van der Waals surface area contributed by atoms with Crippen LogP contribution in [0.5, 0.6) is 5.75 Å². The van der Waals surface area contributed by atoms with Gasteiger partial charge in [0.25, 0.3) is 0 Å². The van der Waals surface area contributed by atoms with Crippen molar-refractivity contribution in [3.8, 4) is 5.75 Å². The summed E-state index contributed by atoms with van der Waals surface area (Å²) in [6.45, 7) is 6.34. The number of rotatable bonds is 4. The number of benzene rings is 1. The molecule has 0 saturated carbocycles. The third-order valence-electron chi connectivity index (χ3n) is 4.13. The van der Waals surface area contributed by atoms with Crippen molar-refractivity contribution in [2.24, 2.45) is 5.92 Å². The van der Waals surface area contributed by atoms with Crippen LogP contribution in [0.15, 0.2) is 24.3 Å². The lowest BCUT2D eigenvalue weighted by Crippen LogP contribution is -2.43. The molecule has 0 amide bonds. The van der Waals surface area contributed by atoms with E-state index in [-0.39, 0.29) is 0 Å². The van der Waals surface area contributed by atoms with Gasteiger partial charge in [0.2, 0.25) is 0 Å². The van der Waals surface area contributed by atoms with Gasteiger partial charge in [-0.3, -0.25) is 4.90 Å². The van der Waals surface area contributed by atoms with Gasteiger partial charge in [0.1, 0.15) is 5.75 Å². The largest absolute Gasteiger partial charge is 0.497 e. The molecule has 19 heavy (non-hydrogen) atoms. The molecule has 1 heterocycles. The van der Waals surface area contributed by atoms with Crippen molar-refractivity contribution in [3.63, 3.8) is 0 Å². The second kappa shape index (κ2) is 6.40. The summed E-state index contributed by atoms with van der Waals surface area (Å²) in [5.74, 6) is 1.53. The van der Waals surface area contributed by atoms with E-state index in [4.69, 9.17) is 4.74 Å². The highest BCUT2D eigenvalue weighted by atomic mass is 16.5. The lowest BCUT2D eigenvalue weighted by molar-refractivity contribution is 0.0567. The maximum absolute atomic E-state index is 10.4. The lowest BCUT2D eigenvalue weighted by Gasteiger charge is -2.37. The Balaban J connectivity index is 2.01. The summed E-state index contributed by atoms with van der Waals surface area (Å²) in [5.41, 5.74) is 0.935. The van der Waals surface area contributed by atoms with Gasteiger partial charge >= 0.3 is 0 Å². The van der Waals surface area contributed by atoms with Gasteiger partial charge in [-0.2, -0.15) is 0 Å². The predicted molar refractivity (Wildman–Crippen MR) is 77.4 cm³/mol. The molecule has 1 aliphatic rings. The van der Waals surface area contributed by atoms with E-state index in [1.54, 1.807) is 7.11 Å². The molecule has 0 aliphatic carbocycles. The molecule has 1 aromatic carbocycles. The van der Waals surface area contributed by atoms with Crippen LogP contribution < -0.4 is 4.74 Å². The van der Waals surface area contributed by atoms with E-state index >= 15 is 0 Å². The van der Waals surface area contributed by atoms with Crippen molar-refractivity contribution in [1.29, 1.82) is 0 Å². The van der Waals surface area contributed by atoms with Crippen LogP contribution in [0, 0.1) is 5.92 Å². The molecule has 1 N–H and O–H groups in total.